The van der Waals surface area contributed by atoms with Crippen LogP contribution in [0.2, 0.25) is 0 Å². The number of hydrogen-bond donors (Lipinski definition) is 6. The normalized spacial score (nSPS) is 25.2. The molecule has 2 aromatic carbocycles. The highest BCUT2D eigenvalue weighted by Gasteiger charge is 2.45. The molecule has 11 heteroatoms. The standard InChI is InChI=1S/C22H22O11/c1-30-11-4-2-9(3-5-11)20-21(17(27)15-12(25)6-10(24)7-13(15)31-20)33-22-19(29)18(28)16(26)14(8-23)32-22/h2-7,14,16,18-19,22-26,28-29H,8H2,1H3/t14-,16-,18-,19+,22+/m0/s1. The minimum atomic E-state index is -1.78. The molecule has 33 heavy (non-hydrogen) atoms. The first-order chi connectivity index (χ1) is 15.7. The second kappa shape index (κ2) is 8.89. The quantitative estimate of drug-likeness (QED) is 0.302. The van der Waals surface area contributed by atoms with Crippen molar-refractivity contribution in [2.45, 2.75) is 30.7 Å². The van der Waals surface area contributed by atoms with Crippen LogP contribution in [0.1, 0.15) is 0 Å². The molecular weight excluding hydrogens is 440 g/mol. The van der Waals surface area contributed by atoms with Crippen LogP contribution < -0.4 is 14.9 Å². The number of phenolic OH excluding ortho intramolecular Hbond substituents is 2. The summed E-state index contributed by atoms with van der Waals surface area (Å²) in [5.74, 6) is -0.992. The molecule has 0 saturated carbocycles. The third-order valence-corrected chi connectivity index (χ3v) is 5.35. The van der Waals surface area contributed by atoms with Gasteiger partial charge in [-0.25, -0.2) is 0 Å². The number of ether oxygens (including phenoxy) is 3. The maximum Gasteiger partial charge on any atom is 0.239 e. The number of aliphatic hydroxyl groups is 4. The van der Waals surface area contributed by atoms with Gasteiger partial charge in [-0.15, -0.1) is 0 Å². The Hall–Kier alpha value is -3.35. The van der Waals surface area contributed by atoms with Gasteiger partial charge in [-0.2, -0.15) is 0 Å². The lowest BCUT2D eigenvalue weighted by molar-refractivity contribution is -0.277. The second-order valence-electron chi connectivity index (χ2n) is 7.47. The van der Waals surface area contributed by atoms with E-state index in [4.69, 9.17) is 18.6 Å². The first-order valence-electron chi connectivity index (χ1n) is 9.89. The van der Waals surface area contributed by atoms with Crippen molar-refractivity contribution in [3.05, 3.63) is 46.6 Å². The van der Waals surface area contributed by atoms with Gasteiger partial charge in [0.15, 0.2) is 5.76 Å². The fourth-order valence-corrected chi connectivity index (χ4v) is 3.59. The molecular formula is C22H22O11. The van der Waals surface area contributed by atoms with Crippen molar-refractivity contribution in [1.82, 2.24) is 0 Å². The highest BCUT2D eigenvalue weighted by atomic mass is 16.7. The highest BCUT2D eigenvalue weighted by molar-refractivity contribution is 5.88. The van der Waals surface area contributed by atoms with E-state index in [0.29, 0.717) is 11.3 Å². The summed E-state index contributed by atoms with van der Waals surface area (Å²) in [6.45, 7) is -0.692. The fraction of sp³-hybridized carbons (Fsp3) is 0.318. The van der Waals surface area contributed by atoms with Crippen LogP contribution >= 0.6 is 0 Å². The third-order valence-electron chi connectivity index (χ3n) is 5.35. The molecule has 6 N–H and O–H groups in total. The molecule has 1 saturated heterocycles. The molecule has 0 unspecified atom stereocenters. The van der Waals surface area contributed by atoms with E-state index in [1.807, 2.05) is 0 Å². The molecule has 3 aromatic rings. The van der Waals surface area contributed by atoms with Crippen molar-refractivity contribution in [1.29, 1.82) is 0 Å². The first kappa shape index (κ1) is 22.8. The Kier molecular flexibility index (Phi) is 6.15. The molecule has 1 aliphatic heterocycles. The zero-order valence-corrected chi connectivity index (χ0v) is 17.3. The molecule has 0 aliphatic carbocycles. The first-order valence-corrected chi connectivity index (χ1v) is 9.89. The summed E-state index contributed by atoms with van der Waals surface area (Å²) in [6, 6.07) is 8.40. The Bertz CT molecular complexity index is 1200. The van der Waals surface area contributed by atoms with Gasteiger partial charge in [0.25, 0.3) is 0 Å². The number of methoxy groups -OCH3 is 1. The van der Waals surface area contributed by atoms with Crippen molar-refractivity contribution < 1.29 is 49.3 Å². The highest BCUT2D eigenvalue weighted by Crippen LogP contribution is 2.37. The van der Waals surface area contributed by atoms with E-state index in [-0.39, 0.29) is 22.5 Å². The topological polar surface area (TPSA) is 179 Å². The lowest BCUT2D eigenvalue weighted by Crippen LogP contribution is -2.60. The number of aromatic hydroxyl groups is 2. The predicted octanol–water partition coefficient (Wildman–Crippen LogP) is 0.0585. The molecule has 0 bridgehead atoms. The number of benzene rings is 2. The zero-order valence-electron chi connectivity index (χ0n) is 17.3. The van der Waals surface area contributed by atoms with Crippen molar-refractivity contribution in [3.8, 4) is 34.3 Å². The average Bonchev–Trinajstić information content (AvgIpc) is 2.80. The molecule has 5 atom stereocenters. The van der Waals surface area contributed by atoms with Gasteiger partial charge >= 0.3 is 0 Å². The van der Waals surface area contributed by atoms with Gasteiger partial charge in [0.1, 0.15) is 52.6 Å². The summed E-state index contributed by atoms with van der Waals surface area (Å²) in [7, 11) is 1.48. The molecule has 11 nitrogen and oxygen atoms in total. The van der Waals surface area contributed by atoms with Gasteiger partial charge in [0.2, 0.25) is 17.5 Å². The molecule has 2 heterocycles. The zero-order chi connectivity index (χ0) is 23.9. The van der Waals surface area contributed by atoms with Crippen LogP contribution in [0.3, 0.4) is 0 Å². The minimum absolute atomic E-state index is 0.128. The van der Waals surface area contributed by atoms with Gasteiger partial charge in [0, 0.05) is 17.7 Å². The predicted molar refractivity (Wildman–Crippen MR) is 112 cm³/mol. The number of phenols is 2. The monoisotopic (exact) mass is 462 g/mol. The molecule has 1 aromatic heterocycles. The summed E-state index contributed by atoms with van der Waals surface area (Å²) in [4.78, 5) is 13.3. The van der Waals surface area contributed by atoms with E-state index < -0.39 is 54.2 Å². The summed E-state index contributed by atoms with van der Waals surface area (Å²) in [5, 5.41) is 59.5. The largest absolute Gasteiger partial charge is 0.508 e. The molecule has 0 spiro atoms. The van der Waals surface area contributed by atoms with Crippen molar-refractivity contribution in [2.75, 3.05) is 13.7 Å². The van der Waals surface area contributed by atoms with Crippen LogP contribution in [-0.2, 0) is 4.74 Å². The van der Waals surface area contributed by atoms with E-state index >= 15 is 0 Å². The fourth-order valence-electron chi connectivity index (χ4n) is 3.59. The number of fused-ring (bicyclic) bond motifs is 1. The Balaban J connectivity index is 1.88. The van der Waals surface area contributed by atoms with Crippen LogP contribution in [0.4, 0.5) is 0 Å². The van der Waals surface area contributed by atoms with E-state index in [9.17, 15) is 35.4 Å². The SMILES string of the molecule is COc1ccc(-c2oc3cc(O)cc(O)c3c(=O)c2O[C@H]2O[C@@H](CO)[C@H](O)[C@H](O)[C@H]2O)cc1. The maximum absolute atomic E-state index is 13.3. The van der Waals surface area contributed by atoms with Gasteiger partial charge in [0.05, 0.1) is 13.7 Å². The Labute approximate surface area is 186 Å². The smallest absolute Gasteiger partial charge is 0.239 e. The van der Waals surface area contributed by atoms with E-state index in [2.05, 4.69) is 0 Å². The molecule has 4 rings (SSSR count). The molecule has 0 radical (unpaired) electrons. The van der Waals surface area contributed by atoms with Crippen molar-refractivity contribution >= 4 is 11.0 Å². The van der Waals surface area contributed by atoms with E-state index in [0.717, 1.165) is 12.1 Å². The van der Waals surface area contributed by atoms with Crippen LogP contribution in [-0.4, -0.2) is 75.1 Å². The maximum atomic E-state index is 13.3. The number of aliphatic hydroxyl groups excluding tert-OH is 4. The molecule has 1 fully saturated rings. The summed E-state index contributed by atoms with van der Waals surface area (Å²) in [6.07, 6.45) is -8.07. The van der Waals surface area contributed by atoms with Crippen LogP contribution in [0.5, 0.6) is 23.0 Å². The lowest BCUT2D eigenvalue weighted by Gasteiger charge is -2.39. The number of rotatable bonds is 5. The average molecular weight is 462 g/mol. The third kappa shape index (κ3) is 4.08. The molecule has 1 aliphatic rings. The molecule has 176 valence electrons. The summed E-state index contributed by atoms with van der Waals surface area (Å²) >= 11 is 0. The second-order valence-corrected chi connectivity index (χ2v) is 7.47. The Morgan fingerprint density at radius 2 is 1.70 bits per heavy atom. The minimum Gasteiger partial charge on any atom is -0.508 e. The summed E-state index contributed by atoms with van der Waals surface area (Å²) in [5.41, 5.74) is -0.641. The van der Waals surface area contributed by atoms with Crippen LogP contribution in [0, 0.1) is 0 Å². The van der Waals surface area contributed by atoms with E-state index in [1.165, 1.54) is 7.11 Å². The van der Waals surface area contributed by atoms with Gasteiger partial charge in [-0.1, -0.05) is 0 Å². The Morgan fingerprint density at radius 1 is 1.00 bits per heavy atom. The van der Waals surface area contributed by atoms with Gasteiger partial charge in [-0.05, 0) is 24.3 Å². The molecule has 0 amide bonds. The number of hydrogen-bond acceptors (Lipinski definition) is 11. The Morgan fingerprint density at radius 3 is 2.33 bits per heavy atom. The van der Waals surface area contributed by atoms with Crippen LogP contribution in [0.15, 0.2) is 45.6 Å². The van der Waals surface area contributed by atoms with Gasteiger partial charge < -0.3 is 49.3 Å². The van der Waals surface area contributed by atoms with Gasteiger partial charge in [-0.3, -0.25) is 4.79 Å². The summed E-state index contributed by atoms with van der Waals surface area (Å²) < 4.78 is 21.9. The lowest BCUT2D eigenvalue weighted by atomic mass is 9.99. The van der Waals surface area contributed by atoms with Crippen LogP contribution in [0.25, 0.3) is 22.3 Å². The van der Waals surface area contributed by atoms with Crippen molar-refractivity contribution in [2.24, 2.45) is 0 Å². The van der Waals surface area contributed by atoms with Crippen molar-refractivity contribution in [3.63, 3.8) is 0 Å². The van der Waals surface area contributed by atoms with E-state index in [1.54, 1.807) is 24.3 Å².